The van der Waals surface area contributed by atoms with Gasteiger partial charge in [-0.1, -0.05) is 25.0 Å². The Balaban J connectivity index is 1.59. The smallest absolute Gasteiger partial charge is 0.354 e. The van der Waals surface area contributed by atoms with Crippen LogP contribution >= 0.6 is 0 Å². The molecule has 1 aromatic carbocycles. The van der Waals surface area contributed by atoms with Gasteiger partial charge >= 0.3 is 5.97 Å². The van der Waals surface area contributed by atoms with Gasteiger partial charge < -0.3 is 15.7 Å². The minimum absolute atomic E-state index is 0.0478. The van der Waals surface area contributed by atoms with Crippen molar-refractivity contribution < 1.29 is 19.5 Å². The van der Waals surface area contributed by atoms with E-state index in [0.29, 0.717) is 5.69 Å². The predicted molar refractivity (Wildman–Crippen MR) is 99.4 cm³/mol. The van der Waals surface area contributed by atoms with Gasteiger partial charge in [0.1, 0.15) is 5.69 Å². The third kappa shape index (κ3) is 4.91. The molecule has 2 aromatic rings. The second-order valence-corrected chi connectivity index (χ2v) is 6.59. The summed E-state index contributed by atoms with van der Waals surface area (Å²) in [7, 11) is 0. The van der Waals surface area contributed by atoms with Crippen molar-refractivity contribution in [3.05, 3.63) is 59.4 Å². The highest BCUT2D eigenvalue weighted by atomic mass is 16.4. The molecule has 3 N–H and O–H groups in total. The Morgan fingerprint density at radius 1 is 1.11 bits per heavy atom. The number of carbonyl (C=O) groups excluding carboxylic acids is 2. The van der Waals surface area contributed by atoms with E-state index in [-0.39, 0.29) is 35.5 Å². The quantitative estimate of drug-likeness (QED) is 0.727. The molecule has 1 aliphatic carbocycles. The highest BCUT2D eigenvalue weighted by molar-refractivity contribution is 5.96. The summed E-state index contributed by atoms with van der Waals surface area (Å²) < 4.78 is 0. The Labute approximate surface area is 156 Å². The number of hydrogen-bond acceptors (Lipinski definition) is 4. The van der Waals surface area contributed by atoms with Crippen LogP contribution in [0.5, 0.6) is 0 Å². The summed E-state index contributed by atoms with van der Waals surface area (Å²) in [5.41, 5.74) is 1.59. The van der Waals surface area contributed by atoms with Gasteiger partial charge in [0, 0.05) is 29.9 Å². The average molecular weight is 367 g/mol. The number of nitrogens with zero attached hydrogens (tertiary/aromatic N) is 1. The molecular formula is C20H21N3O4. The van der Waals surface area contributed by atoms with Gasteiger partial charge in [0.25, 0.3) is 5.91 Å². The number of benzene rings is 1. The lowest BCUT2D eigenvalue weighted by molar-refractivity contribution is -0.119. The van der Waals surface area contributed by atoms with E-state index in [9.17, 15) is 14.4 Å². The zero-order valence-electron chi connectivity index (χ0n) is 14.8. The summed E-state index contributed by atoms with van der Waals surface area (Å²) >= 11 is 0. The first-order valence-corrected chi connectivity index (χ1v) is 8.90. The molecule has 1 aromatic heterocycles. The molecule has 1 aliphatic rings. The number of anilines is 1. The van der Waals surface area contributed by atoms with E-state index >= 15 is 0 Å². The average Bonchev–Trinajstić information content (AvgIpc) is 3.21. The van der Waals surface area contributed by atoms with Crippen molar-refractivity contribution >= 4 is 23.5 Å². The number of nitrogens with one attached hydrogen (secondary N) is 2. The second kappa shape index (κ2) is 8.44. The molecule has 1 saturated carbocycles. The molecule has 7 heteroatoms. The monoisotopic (exact) mass is 367 g/mol. The first kappa shape index (κ1) is 18.6. The van der Waals surface area contributed by atoms with Gasteiger partial charge in [0.15, 0.2) is 0 Å². The van der Waals surface area contributed by atoms with Crippen LogP contribution in [0, 0.1) is 5.92 Å². The summed E-state index contributed by atoms with van der Waals surface area (Å²) in [5.74, 6) is -1.44. The number of carbonyl (C=O) groups is 3. The van der Waals surface area contributed by atoms with Crippen molar-refractivity contribution in [1.29, 1.82) is 0 Å². The lowest BCUT2D eigenvalue weighted by Gasteiger charge is -2.12. The minimum atomic E-state index is -1.18. The molecule has 7 nitrogen and oxygen atoms in total. The predicted octanol–water partition coefficient (Wildman–Crippen LogP) is 2.84. The van der Waals surface area contributed by atoms with Crippen molar-refractivity contribution in [1.82, 2.24) is 10.3 Å². The largest absolute Gasteiger partial charge is 0.477 e. The third-order valence-corrected chi connectivity index (χ3v) is 4.61. The van der Waals surface area contributed by atoms with Gasteiger partial charge in [0.05, 0.1) is 0 Å². The van der Waals surface area contributed by atoms with Crippen LogP contribution < -0.4 is 10.6 Å². The van der Waals surface area contributed by atoms with E-state index in [0.717, 1.165) is 31.2 Å². The van der Waals surface area contributed by atoms with Crippen LogP contribution in [-0.2, 0) is 11.3 Å². The number of carboxylic acids is 1. The number of aromatic nitrogens is 1. The van der Waals surface area contributed by atoms with Gasteiger partial charge in [-0.15, -0.1) is 0 Å². The zero-order chi connectivity index (χ0) is 19.2. The lowest BCUT2D eigenvalue weighted by atomic mass is 10.1. The van der Waals surface area contributed by atoms with Gasteiger partial charge in [-0.05, 0) is 42.7 Å². The van der Waals surface area contributed by atoms with E-state index in [2.05, 4.69) is 15.6 Å². The van der Waals surface area contributed by atoms with Crippen molar-refractivity contribution in [2.45, 2.75) is 32.2 Å². The van der Waals surface area contributed by atoms with E-state index in [4.69, 9.17) is 5.11 Å². The van der Waals surface area contributed by atoms with E-state index in [1.807, 2.05) is 24.3 Å². The van der Waals surface area contributed by atoms with Crippen LogP contribution in [0.1, 0.15) is 52.1 Å². The fourth-order valence-electron chi connectivity index (χ4n) is 3.16. The minimum Gasteiger partial charge on any atom is -0.477 e. The van der Waals surface area contributed by atoms with Crippen LogP contribution in [-0.4, -0.2) is 27.9 Å². The van der Waals surface area contributed by atoms with Crippen LogP contribution in [0.25, 0.3) is 0 Å². The van der Waals surface area contributed by atoms with Crippen LogP contribution in [0.4, 0.5) is 5.69 Å². The molecule has 3 rings (SSSR count). The molecule has 1 heterocycles. The van der Waals surface area contributed by atoms with Gasteiger partial charge in [-0.25, -0.2) is 9.78 Å². The molecule has 0 bridgehead atoms. The van der Waals surface area contributed by atoms with Crippen LogP contribution in [0.2, 0.25) is 0 Å². The SMILES string of the molecule is O=C(NCc1cccc(NC(=O)C2CCCC2)c1)c1ccnc(C(=O)O)c1. The molecule has 0 radical (unpaired) electrons. The van der Waals surface area contributed by atoms with Gasteiger partial charge in [0.2, 0.25) is 5.91 Å². The maximum absolute atomic E-state index is 12.2. The van der Waals surface area contributed by atoms with E-state index in [1.54, 1.807) is 0 Å². The summed E-state index contributed by atoms with van der Waals surface area (Å²) in [6, 6.07) is 10.00. The fourth-order valence-corrected chi connectivity index (χ4v) is 3.16. The highest BCUT2D eigenvalue weighted by Crippen LogP contribution is 2.26. The summed E-state index contributed by atoms with van der Waals surface area (Å²) in [6.45, 7) is 0.261. The van der Waals surface area contributed by atoms with Gasteiger partial charge in [-0.2, -0.15) is 0 Å². The first-order chi connectivity index (χ1) is 13.0. The number of rotatable bonds is 6. The molecule has 2 amide bonds. The van der Waals surface area contributed by atoms with Gasteiger partial charge in [-0.3, -0.25) is 9.59 Å². The number of amides is 2. The topological polar surface area (TPSA) is 108 Å². The molecule has 0 saturated heterocycles. The van der Waals surface area contributed by atoms with Crippen LogP contribution in [0.15, 0.2) is 42.6 Å². The van der Waals surface area contributed by atoms with Crippen molar-refractivity contribution in [3.63, 3.8) is 0 Å². The van der Waals surface area contributed by atoms with Crippen molar-refractivity contribution in [3.8, 4) is 0 Å². The molecule has 140 valence electrons. The molecule has 27 heavy (non-hydrogen) atoms. The molecule has 0 atom stereocenters. The standard InChI is InChI=1S/C20H21N3O4/c24-18(15-8-9-21-17(11-15)20(26)27)22-12-13-4-3-7-16(10-13)23-19(25)14-5-1-2-6-14/h3-4,7-11,14H,1-2,5-6,12H2,(H,22,24)(H,23,25)(H,26,27). The van der Waals surface area contributed by atoms with Crippen molar-refractivity contribution in [2.75, 3.05) is 5.32 Å². The molecule has 0 unspecified atom stereocenters. The third-order valence-electron chi connectivity index (χ3n) is 4.61. The first-order valence-electron chi connectivity index (χ1n) is 8.90. The Bertz CT molecular complexity index is 860. The van der Waals surface area contributed by atoms with Crippen molar-refractivity contribution in [2.24, 2.45) is 5.92 Å². The summed E-state index contributed by atoms with van der Waals surface area (Å²) in [4.78, 5) is 39.1. The fraction of sp³-hybridized carbons (Fsp3) is 0.300. The Morgan fingerprint density at radius 3 is 2.63 bits per heavy atom. The molecule has 1 fully saturated rings. The van der Waals surface area contributed by atoms with E-state index < -0.39 is 5.97 Å². The second-order valence-electron chi connectivity index (χ2n) is 6.59. The number of hydrogen-bond donors (Lipinski definition) is 3. The summed E-state index contributed by atoms with van der Waals surface area (Å²) in [6.07, 6.45) is 5.36. The number of carboxylic acid groups (broad SMARTS) is 1. The van der Waals surface area contributed by atoms with E-state index in [1.165, 1.54) is 18.3 Å². The molecular weight excluding hydrogens is 346 g/mol. The molecule has 0 aliphatic heterocycles. The number of aromatic carboxylic acids is 1. The maximum Gasteiger partial charge on any atom is 0.354 e. The Hall–Kier alpha value is -3.22. The Kier molecular flexibility index (Phi) is 5.80. The lowest BCUT2D eigenvalue weighted by Crippen LogP contribution is -2.23. The van der Waals surface area contributed by atoms with Crippen LogP contribution in [0.3, 0.4) is 0 Å². The highest BCUT2D eigenvalue weighted by Gasteiger charge is 2.22. The zero-order valence-corrected chi connectivity index (χ0v) is 14.8. The molecule has 0 spiro atoms. The normalized spacial score (nSPS) is 13.9. The number of pyridine rings is 1. The summed E-state index contributed by atoms with van der Waals surface area (Å²) in [5, 5.41) is 14.6. The maximum atomic E-state index is 12.2. The Morgan fingerprint density at radius 2 is 1.89 bits per heavy atom.